The average molecular weight is 79.1 g/mol. The zero-order chi connectivity index (χ0) is 4.99. The maximum atomic E-state index is 4.92. The van der Waals surface area contributed by atoms with E-state index in [4.69, 9.17) is 6.42 Å². The summed E-state index contributed by atoms with van der Waals surface area (Å²) < 4.78 is 0. The van der Waals surface area contributed by atoms with Crippen molar-refractivity contribution in [2.45, 2.75) is 6.92 Å². The molecule has 6 heavy (non-hydrogen) atoms. The van der Waals surface area contributed by atoms with E-state index >= 15 is 0 Å². The van der Waals surface area contributed by atoms with Gasteiger partial charge in [-0.25, -0.2) is 0 Å². The minimum atomic E-state index is 0.884. The summed E-state index contributed by atoms with van der Waals surface area (Å²) in [6.45, 7) is 5.29. The standard InChI is InChI=1S/C6H7/c1-4-6(3)5-2/h1,5H,2H2,3H3. The van der Waals surface area contributed by atoms with Crippen LogP contribution in [0, 0.1) is 19.3 Å². The molecule has 0 aliphatic rings. The second kappa shape index (κ2) is 2.53. The van der Waals surface area contributed by atoms with Gasteiger partial charge in [-0.3, -0.25) is 0 Å². The summed E-state index contributed by atoms with van der Waals surface area (Å²) in [6, 6.07) is 0. The van der Waals surface area contributed by atoms with Crippen molar-refractivity contribution >= 4 is 0 Å². The van der Waals surface area contributed by atoms with Crippen LogP contribution in [0.15, 0.2) is 11.6 Å². The Morgan fingerprint density at radius 3 is 2.50 bits per heavy atom. The number of rotatable bonds is 0. The second-order valence-corrected chi connectivity index (χ2v) is 1.03. The van der Waals surface area contributed by atoms with Gasteiger partial charge in [-0.05, 0) is 19.4 Å². The Kier molecular flexibility index (Phi) is 2.24. The molecule has 0 bridgehead atoms. The molecule has 0 aliphatic carbocycles. The van der Waals surface area contributed by atoms with E-state index in [-0.39, 0.29) is 0 Å². The van der Waals surface area contributed by atoms with Gasteiger partial charge in [-0.1, -0.05) is 12.0 Å². The molecule has 0 saturated carbocycles. The first-order chi connectivity index (χ1) is 2.81. The summed E-state index contributed by atoms with van der Waals surface area (Å²) in [5.74, 6) is 2.41. The van der Waals surface area contributed by atoms with Crippen LogP contribution in [0.1, 0.15) is 6.92 Å². The fourth-order valence-electron chi connectivity index (χ4n) is 0.0589. The lowest BCUT2D eigenvalue weighted by atomic mass is 10.3. The van der Waals surface area contributed by atoms with Crippen molar-refractivity contribution in [1.82, 2.24) is 0 Å². The Balaban J connectivity index is 3.61. The van der Waals surface area contributed by atoms with Crippen LogP contribution in [0.5, 0.6) is 0 Å². The fraction of sp³-hybridized carbons (Fsp3) is 0.167. The van der Waals surface area contributed by atoms with E-state index in [0.717, 1.165) is 5.57 Å². The van der Waals surface area contributed by atoms with Crippen molar-refractivity contribution in [2.24, 2.45) is 0 Å². The molecule has 0 aromatic heterocycles. The molecule has 1 radical (unpaired) electrons. The maximum absolute atomic E-state index is 4.92. The van der Waals surface area contributed by atoms with Crippen molar-refractivity contribution in [3.05, 3.63) is 18.6 Å². The molecule has 0 N–H and O–H groups in total. The van der Waals surface area contributed by atoms with Crippen LogP contribution in [0.25, 0.3) is 0 Å². The molecule has 0 fully saturated rings. The third kappa shape index (κ3) is 1.60. The molecule has 0 saturated heterocycles. The summed E-state index contributed by atoms with van der Waals surface area (Å²) in [6.07, 6.45) is 6.58. The van der Waals surface area contributed by atoms with Crippen LogP contribution in [-0.4, -0.2) is 0 Å². The zero-order valence-corrected chi connectivity index (χ0v) is 3.86. The lowest BCUT2D eigenvalue weighted by Crippen LogP contribution is -1.59. The van der Waals surface area contributed by atoms with Gasteiger partial charge in [0.05, 0.1) is 0 Å². The molecule has 0 aliphatic heterocycles. The number of hydrogen-bond donors (Lipinski definition) is 0. The second-order valence-electron chi connectivity index (χ2n) is 1.03. The smallest absolute Gasteiger partial charge is 0.00532 e. The monoisotopic (exact) mass is 79.1 g/mol. The first-order valence-corrected chi connectivity index (χ1v) is 1.74. The number of hydrogen-bond acceptors (Lipinski definition) is 0. The Morgan fingerprint density at radius 2 is 2.50 bits per heavy atom. The SMILES string of the molecule is C#CC(C)=C[CH2]. The highest BCUT2D eigenvalue weighted by Gasteiger charge is 1.67. The third-order valence-corrected chi connectivity index (χ3v) is 0.534. The fourth-order valence-corrected chi connectivity index (χ4v) is 0.0589. The van der Waals surface area contributed by atoms with E-state index < -0.39 is 0 Å². The van der Waals surface area contributed by atoms with Crippen LogP contribution in [0.4, 0.5) is 0 Å². The normalized spacial score (nSPS) is 10.5. The van der Waals surface area contributed by atoms with Gasteiger partial charge in [-0.2, -0.15) is 0 Å². The molecule has 0 atom stereocenters. The summed E-state index contributed by atoms with van der Waals surface area (Å²) >= 11 is 0. The molecule has 0 rings (SSSR count). The molecule has 0 nitrogen and oxygen atoms in total. The van der Waals surface area contributed by atoms with E-state index in [2.05, 4.69) is 12.8 Å². The highest BCUT2D eigenvalue weighted by molar-refractivity contribution is 5.22. The van der Waals surface area contributed by atoms with Crippen LogP contribution < -0.4 is 0 Å². The Hall–Kier alpha value is -0.700. The zero-order valence-electron chi connectivity index (χ0n) is 3.86. The first kappa shape index (κ1) is 5.30. The molecular formula is C6H7. The van der Waals surface area contributed by atoms with Gasteiger partial charge in [0, 0.05) is 0 Å². The minimum absolute atomic E-state index is 0.884. The number of allylic oxidation sites excluding steroid dienone is 2. The van der Waals surface area contributed by atoms with Gasteiger partial charge in [0.1, 0.15) is 0 Å². The predicted molar refractivity (Wildman–Crippen MR) is 27.9 cm³/mol. The largest absolute Gasteiger partial charge is 0.115 e. The molecule has 0 heterocycles. The van der Waals surface area contributed by atoms with Gasteiger partial charge in [0.2, 0.25) is 0 Å². The Bertz CT molecular complexity index is 91.1. The summed E-state index contributed by atoms with van der Waals surface area (Å²) in [4.78, 5) is 0. The lowest BCUT2D eigenvalue weighted by molar-refractivity contribution is 1.59. The van der Waals surface area contributed by atoms with Gasteiger partial charge in [0.15, 0.2) is 0 Å². The van der Waals surface area contributed by atoms with E-state index in [1.165, 1.54) is 0 Å². The van der Waals surface area contributed by atoms with E-state index in [1.807, 2.05) is 6.92 Å². The lowest BCUT2D eigenvalue weighted by Gasteiger charge is -1.74. The molecule has 0 aromatic rings. The molecule has 0 spiro atoms. The van der Waals surface area contributed by atoms with Crippen molar-refractivity contribution in [2.75, 3.05) is 0 Å². The topological polar surface area (TPSA) is 0 Å². The van der Waals surface area contributed by atoms with Gasteiger partial charge >= 0.3 is 0 Å². The molecule has 0 heteroatoms. The van der Waals surface area contributed by atoms with E-state index in [9.17, 15) is 0 Å². The number of terminal acetylenes is 1. The quantitative estimate of drug-likeness (QED) is 0.385. The van der Waals surface area contributed by atoms with Crippen LogP contribution in [-0.2, 0) is 0 Å². The summed E-state index contributed by atoms with van der Waals surface area (Å²) in [5.41, 5.74) is 0.884. The predicted octanol–water partition coefficient (Wildman–Crippen LogP) is 1.40. The minimum Gasteiger partial charge on any atom is -0.115 e. The molecule has 0 amide bonds. The summed E-state index contributed by atoms with van der Waals surface area (Å²) in [7, 11) is 0. The Morgan fingerprint density at radius 1 is 2.00 bits per heavy atom. The van der Waals surface area contributed by atoms with Crippen LogP contribution >= 0.6 is 0 Å². The molecule has 0 unspecified atom stereocenters. The first-order valence-electron chi connectivity index (χ1n) is 1.74. The molecule has 0 aromatic carbocycles. The Labute approximate surface area is 38.9 Å². The molecular weight excluding hydrogens is 72.1 g/mol. The van der Waals surface area contributed by atoms with Crippen molar-refractivity contribution in [3.63, 3.8) is 0 Å². The average Bonchev–Trinajstić information content (AvgIpc) is 1.65. The van der Waals surface area contributed by atoms with Crippen LogP contribution in [0.3, 0.4) is 0 Å². The summed E-state index contributed by atoms with van der Waals surface area (Å²) in [5, 5.41) is 0. The van der Waals surface area contributed by atoms with Gasteiger partial charge in [-0.15, -0.1) is 6.42 Å². The highest BCUT2D eigenvalue weighted by Crippen LogP contribution is 1.82. The van der Waals surface area contributed by atoms with Crippen molar-refractivity contribution in [3.8, 4) is 12.3 Å². The van der Waals surface area contributed by atoms with E-state index in [0.29, 0.717) is 0 Å². The van der Waals surface area contributed by atoms with Crippen LogP contribution in [0.2, 0.25) is 0 Å². The van der Waals surface area contributed by atoms with Crippen molar-refractivity contribution in [1.29, 1.82) is 0 Å². The molecule has 31 valence electrons. The maximum Gasteiger partial charge on any atom is -0.00532 e. The van der Waals surface area contributed by atoms with Gasteiger partial charge < -0.3 is 0 Å². The van der Waals surface area contributed by atoms with Crippen molar-refractivity contribution < 1.29 is 0 Å². The highest BCUT2D eigenvalue weighted by atomic mass is 13.7. The van der Waals surface area contributed by atoms with E-state index in [1.54, 1.807) is 6.08 Å². The van der Waals surface area contributed by atoms with Gasteiger partial charge in [0.25, 0.3) is 0 Å². The third-order valence-electron chi connectivity index (χ3n) is 0.534.